The lowest BCUT2D eigenvalue weighted by Crippen LogP contribution is -2.58. The van der Waals surface area contributed by atoms with Crippen LogP contribution in [0.3, 0.4) is 0 Å². The van der Waals surface area contributed by atoms with Crippen molar-refractivity contribution < 1.29 is 72.5 Å². The molecule has 1 saturated heterocycles. The molecule has 8 amide bonds. The Bertz CT molecular complexity index is 2430. The maximum atomic E-state index is 14.5. The van der Waals surface area contributed by atoms with E-state index >= 15 is 0 Å². The number of rotatable bonds is 36. The predicted molar refractivity (Wildman–Crippen MR) is 323 cm³/mol. The van der Waals surface area contributed by atoms with Crippen molar-refractivity contribution in [3.05, 3.63) is 35.9 Å². The Morgan fingerprint density at radius 1 is 0.640 bits per heavy atom. The number of nitrogens with two attached hydrogens (primary N) is 1. The lowest BCUT2D eigenvalue weighted by atomic mass is 9.83. The van der Waals surface area contributed by atoms with Crippen molar-refractivity contribution >= 4 is 70.6 Å². The van der Waals surface area contributed by atoms with Crippen LogP contribution in [-0.2, 0) is 68.7 Å². The van der Waals surface area contributed by atoms with Crippen LogP contribution < -0.4 is 43.0 Å². The Hall–Kier alpha value is -6.62. The van der Waals surface area contributed by atoms with Crippen molar-refractivity contribution in [2.45, 2.75) is 228 Å². The van der Waals surface area contributed by atoms with Crippen molar-refractivity contribution in [1.29, 1.82) is 0 Å². The zero-order valence-corrected chi connectivity index (χ0v) is 52.9. The van der Waals surface area contributed by atoms with Crippen LogP contribution in [-0.4, -0.2) is 142 Å². The number of primary amides is 1. The molecule has 484 valence electrons. The largest absolute Gasteiger partial charge is 0.458 e. The summed E-state index contributed by atoms with van der Waals surface area (Å²) in [6.45, 7) is 18.9. The zero-order chi connectivity index (χ0) is 65.0. The number of Topliss-reactive ketones (excluding diaryl/α,β-unsaturated/α-hetero) is 3. The number of unbranched alkanes of at least 4 members (excludes halogenated alkanes) is 2. The summed E-state index contributed by atoms with van der Waals surface area (Å²) in [5, 5.41) is 39.8. The van der Waals surface area contributed by atoms with Crippen LogP contribution in [0.15, 0.2) is 30.3 Å². The molecule has 23 nitrogen and oxygen atoms in total. The molecule has 0 radical (unpaired) electrons. The fraction of sp³-hybridized carbons (Fsp3) is 0.714. The summed E-state index contributed by atoms with van der Waals surface area (Å²) in [7, 11) is 0. The van der Waals surface area contributed by atoms with Gasteiger partial charge in [0.2, 0.25) is 47.3 Å². The Labute approximate surface area is 508 Å². The first-order valence-electron chi connectivity index (χ1n) is 31.1. The number of cyclic esters (lactones) is 1. The molecule has 1 aliphatic rings. The van der Waals surface area contributed by atoms with Gasteiger partial charge in [0, 0.05) is 43.4 Å². The summed E-state index contributed by atoms with van der Waals surface area (Å²) < 4.78 is 5.79. The molecule has 16 atom stereocenters. The number of carbonyl (C=O) groups excluding carboxylic acids is 12. The van der Waals surface area contributed by atoms with E-state index in [1.54, 1.807) is 41.5 Å². The van der Waals surface area contributed by atoms with Gasteiger partial charge in [-0.2, -0.15) is 0 Å². The van der Waals surface area contributed by atoms with Crippen molar-refractivity contribution in [2.24, 2.45) is 53.1 Å². The van der Waals surface area contributed by atoms with Gasteiger partial charge in [0.05, 0.1) is 31.2 Å². The number of hydrogen-bond acceptors (Lipinski definition) is 15. The molecule has 1 fully saturated rings. The Morgan fingerprint density at radius 2 is 1.24 bits per heavy atom. The molecular weight excluding hydrogens is 1110 g/mol. The van der Waals surface area contributed by atoms with Gasteiger partial charge in [0.25, 0.3) is 0 Å². The van der Waals surface area contributed by atoms with Crippen LogP contribution in [0.1, 0.15) is 179 Å². The Kier molecular flexibility index (Phi) is 33.8. The van der Waals surface area contributed by atoms with E-state index in [2.05, 4.69) is 37.2 Å². The number of nitrogens with one attached hydrogen (secondary N) is 7. The highest BCUT2D eigenvalue weighted by Gasteiger charge is 2.41. The zero-order valence-electron chi connectivity index (χ0n) is 52.9. The second-order valence-corrected chi connectivity index (χ2v) is 23.7. The standard InChI is InChI=1S/C63H102N8O15/c1-13-19-21-26-46-60(82)70-54(38(10)17-5)63(85)86-40(12)55(49(75)29-39(11)56(78)66-46)71-58(80)43(33-72)31-50(76)52(36(8)15-3)68-59(81)44(35(7)14-2)32-48(74)45(27-28-51(64)77)65-61(83)47(34-73)67-62(84)53(37(9)16-4)69-57(79)42(18-6)30-41-24-22-20-23-25-41/h20,22-25,35-40,42-47,52-55,72-73H,13-19,21,26-34H2,1-12H3,(H2,64,77)(H,65,83)(H,66,78)(H,67,84)(H,68,81)(H,69,79)(H,70,82)(H,71,80)/t35-,36-,37-,38-,39+,40-,42+,43-,44+,45+,46-,47-,52-,53-,54-,55+/m0/s1. The number of amides is 8. The molecule has 11 N–H and O–H groups in total. The summed E-state index contributed by atoms with van der Waals surface area (Å²) in [5.41, 5.74) is 6.42. The second kappa shape index (κ2) is 38.5. The summed E-state index contributed by atoms with van der Waals surface area (Å²) in [6.07, 6.45) is 1.34. The third-order valence-electron chi connectivity index (χ3n) is 17.0. The highest BCUT2D eigenvalue weighted by molar-refractivity contribution is 5.99. The van der Waals surface area contributed by atoms with E-state index < -0.39 is 193 Å². The normalized spacial score (nSPS) is 21.5. The minimum absolute atomic E-state index is 0.282. The van der Waals surface area contributed by atoms with Gasteiger partial charge in [-0.15, -0.1) is 0 Å². The quantitative estimate of drug-likeness (QED) is 0.0340. The molecule has 0 aromatic heterocycles. The van der Waals surface area contributed by atoms with Gasteiger partial charge in [0.1, 0.15) is 36.3 Å². The van der Waals surface area contributed by atoms with E-state index in [4.69, 9.17) is 10.5 Å². The van der Waals surface area contributed by atoms with E-state index in [0.29, 0.717) is 44.9 Å². The topological polar surface area (TPSA) is 365 Å². The van der Waals surface area contributed by atoms with Gasteiger partial charge in [-0.25, -0.2) is 4.79 Å². The molecule has 1 aromatic carbocycles. The Balaban J connectivity index is 2.40. The fourth-order valence-electron chi connectivity index (χ4n) is 10.1. The molecule has 23 heteroatoms. The maximum Gasteiger partial charge on any atom is 0.329 e. The second-order valence-electron chi connectivity index (χ2n) is 23.7. The molecule has 2 rings (SSSR count). The summed E-state index contributed by atoms with van der Waals surface area (Å²) in [6, 6.07) is 0.165. The highest BCUT2D eigenvalue weighted by atomic mass is 16.5. The molecule has 0 unspecified atom stereocenters. The molecule has 0 saturated carbocycles. The fourth-order valence-corrected chi connectivity index (χ4v) is 10.1. The van der Waals surface area contributed by atoms with Crippen LogP contribution >= 0.6 is 0 Å². The van der Waals surface area contributed by atoms with Crippen LogP contribution in [0.5, 0.6) is 0 Å². The van der Waals surface area contributed by atoms with Crippen molar-refractivity contribution in [3.8, 4) is 0 Å². The first-order valence-corrected chi connectivity index (χ1v) is 31.1. The van der Waals surface area contributed by atoms with Crippen molar-refractivity contribution in [3.63, 3.8) is 0 Å². The third kappa shape index (κ3) is 23.9. The van der Waals surface area contributed by atoms with Crippen molar-refractivity contribution in [1.82, 2.24) is 37.2 Å². The number of ketones is 3. The van der Waals surface area contributed by atoms with Gasteiger partial charge < -0.3 is 57.9 Å². The maximum absolute atomic E-state index is 14.5. The average Bonchev–Trinajstić information content (AvgIpc) is 3.74. The van der Waals surface area contributed by atoms with Crippen molar-refractivity contribution in [2.75, 3.05) is 13.2 Å². The first-order chi connectivity index (χ1) is 40.7. The average molecular weight is 1210 g/mol. The minimum Gasteiger partial charge on any atom is -0.458 e. The smallest absolute Gasteiger partial charge is 0.329 e. The van der Waals surface area contributed by atoms with E-state index in [1.165, 1.54) is 13.8 Å². The SMILES string of the molecule is CCCCC[C@@H]1NC(=O)[C@H](C)CC(=O)[C@H](NC(=O)[C@H](CO)CC(=O)[C@@H](NC(=O)[C@H](CC(=O)[C@@H](CCC(N)=O)NC(=O)[C@H](CO)NC(=O)[C@@H](NC(=O)[C@H](CC)Cc2ccccc2)[C@@H](C)CC)[C@@H](C)CC)[C@@H](C)CC)[C@H](C)OC(=O)[C@H]([C@@H](C)CC)NC1=O. The molecule has 0 bridgehead atoms. The monoisotopic (exact) mass is 1210 g/mol. The molecular formula is C63H102N8O15. The molecule has 0 spiro atoms. The summed E-state index contributed by atoms with van der Waals surface area (Å²) >= 11 is 0. The van der Waals surface area contributed by atoms with E-state index in [1.807, 2.05) is 58.0 Å². The van der Waals surface area contributed by atoms with Gasteiger partial charge >= 0.3 is 5.97 Å². The number of aliphatic hydroxyl groups excluding tert-OH is 2. The number of hydrogen-bond donors (Lipinski definition) is 10. The molecule has 1 heterocycles. The van der Waals surface area contributed by atoms with E-state index in [-0.39, 0.29) is 25.2 Å². The molecule has 86 heavy (non-hydrogen) atoms. The third-order valence-corrected chi connectivity index (χ3v) is 17.0. The van der Waals surface area contributed by atoms with Crippen LogP contribution in [0.25, 0.3) is 0 Å². The first kappa shape index (κ1) is 75.5. The van der Waals surface area contributed by atoms with E-state index in [0.717, 1.165) is 18.4 Å². The van der Waals surface area contributed by atoms with Gasteiger partial charge in [-0.3, -0.25) is 52.7 Å². The molecule has 1 aliphatic heterocycles. The number of carbonyl (C=O) groups is 12. The summed E-state index contributed by atoms with van der Waals surface area (Å²) in [4.78, 5) is 166. The van der Waals surface area contributed by atoms with E-state index in [9.17, 15) is 67.7 Å². The molecule has 1 aromatic rings. The number of benzene rings is 1. The highest BCUT2D eigenvalue weighted by Crippen LogP contribution is 2.25. The van der Waals surface area contributed by atoms with Crippen LogP contribution in [0.4, 0.5) is 0 Å². The van der Waals surface area contributed by atoms with Gasteiger partial charge in [-0.1, -0.05) is 151 Å². The van der Waals surface area contributed by atoms with Crippen LogP contribution in [0.2, 0.25) is 0 Å². The van der Waals surface area contributed by atoms with Crippen LogP contribution in [0, 0.1) is 47.3 Å². The summed E-state index contributed by atoms with van der Waals surface area (Å²) in [5.74, 6) is -14.9. The molecule has 0 aliphatic carbocycles. The number of ether oxygens (including phenoxy) is 1. The number of aliphatic hydroxyl groups is 2. The lowest BCUT2D eigenvalue weighted by molar-refractivity contribution is -0.157. The lowest BCUT2D eigenvalue weighted by Gasteiger charge is -2.31. The number of esters is 1. The predicted octanol–water partition coefficient (Wildman–Crippen LogP) is 3.36. The van der Waals surface area contributed by atoms with Gasteiger partial charge in [-0.05, 0) is 61.8 Å². The Morgan fingerprint density at radius 3 is 1.80 bits per heavy atom. The minimum atomic E-state index is -1.62. The van der Waals surface area contributed by atoms with Gasteiger partial charge in [0.15, 0.2) is 17.3 Å².